The molecule has 0 spiro atoms. The topological polar surface area (TPSA) is 111 Å². The second kappa shape index (κ2) is 9.70. The van der Waals surface area contributed by atoms with Gasteiger partial charge in [-0.2, -0.15) is 10.5 Å². The predicted molar refractivity (Wildman–Crippen MR) is 129 cm³/mol. The first kappa shape index (κ1) is 25.0. The van der Waals surface area contributed by atoms with Gasteiger partial charge in [0.1, 0.15) is 5.41 Å². The Morgan fingerprint density at radius 2 is 1.35 bits per heavy atom. The minimum atomic E-state index is -2.86. The molecule has 176 valence electrons. The van der Waals surface area contributed by atoms with Gasteiger partial charge < -0.3 is 4.74 Å². The fraction of sp³-hybridized carbons (Fsp3) is 0.346. The summed E-state index contributed by atoms with van der Waals surface area (Å²) < 4.78 is 4.12. The van der Waals surface area contributed by atoms with Gasteiger partial charge in [-0.05, 0) is 36.5 Å². The van der Waals surface area contributed by atoms with E-state index in [1.807, 2.05) is 60.7 Å². The van der Waals surface area contributed by atoms with E-state index in [0.29, 0.717) is 0 Å². The Labute approximate surface area is 201 Å². The predicted octanol–water partition coefficient (Wildman–Crippen LogP) is 3.55. The molecule has 0 aromatic heterocycles. The Kier molecular flexibility index (Phi) is 7.14. The number of amides is 2. The Hall–Kier alpha value is -3.62. The number of hydrogen-bond donors (Lipinski definition) is 0. The second-order valence-electron chi connectivity index (χ2n) is 8.66. The molecule has 2 aromatic rings. The van der Waals surface area contributed by atoms with Crippen LogP contribution in [0, 0.1) is 28.1 Å². The number of hydrogen-bond acceptors (Lipinski definition) is 6. The SMILES string of the molecule is COC(=O)C(C#N)(C(C#N)(Cc1ccccc1)Cc1ccccc1)S(C)(C)N1C(=O)CCC1=O. The standard InChI is InChI=1S/C26H27N3O4S/c1-33-24(32)26(19-28,34(2,3)29-22(30)14-15-23(29)31)25(18-27,16-20-10-6-4-7-11-20)17-21-12-8-5-9-13-21/h4-13H,14-17H2,1-3H3. The van der Waals surface area contributed by atoms with E-state index >= 15 is 0 Å². The highest BCUT2D eigenvalue weighted by Gasteiger charge is 2.68. The molecule has 1 atom stereocenters. The van der Waals surface area contributed by atoms with Gasteiger partial charge in [0.15, 0.2) is 0 Å². The molecule has 3 rings (SSSR count). The fourth-order valence-electron chi connectivity index (χ4n) is 4.85. The summed E-state index contributed by atoms with van der Waals surface area (Å²) in [7, 11) is -1.70. The van der Waals surface area contributed by atoms with E-state index in [1.165, 1.54) is 0 Å². The molecular weight excluding hydrogens is 450 g/mol. The lowest BCUT2D eigenvalue weighted by atomic mass is 9.68. The third-order valence-corrected chi connectivity index (χ3v) is 9.89. The third-order valence-electron chi connectivity index (χ3n) is 6.43. The molecule has 2 amide bonds. The Balaban J connectivity index is 2.35. The van der Waals surface area contributed by atoms with Crippen molar-refractivity contribution in [2.45, 2.75) is 30.4 Å². The number of benzene rings is 2. The maximum absolute atomic E-state index is 13.6. The Morgan fingerprint density at radius 1 is 0.912 bits per heavy atom. The van der Waals surface area contributed by atoms with E-state index in [-0.39, 0.29) is 25.7 Å². The lowest BCUT2D eigenvalue weighted by molar-refractivity contribution is -0.144. The summed E-state index contributed by atoms with van der Waals surface area (Å²) in [6, 6.07) is 22.7. The van der Waals surface area contributed by atoms with Crippen molar-refractivity contribution in [3.63, 3.8) is 0 Å². The average molecular weight is 478 g/mol. The molecule has 1 aliphatic rings. The molecule has 0 radical (unpaired) electrons. The number of esters is 1. The van der Waals surface area contributed by atoms with Gasteiger partial charge in [0.05, 0.1) is 19.2 Å². The molecule has 0 saturated carbocycles. The zero-order chi connectivity index (χ0) is 25.0. The van der Waals surface area contributed by atoms with Gasteiger partial charge in [0.2, 0.25) is 16.6 Å². The zero-order valence-electron chi connectivity index (χ0n) is 19.5. The first-order valence-corrected chi connectivity index (χ1v) is 13.2. The van der Waals surface area contributed by atoms with Crippen molar-refractivity contribution in [1.29, 1.82) is 10.5 Å². The summed E-state index contributed by atoms with van der Waals surface area (Å²) >= 11 is 0. The molecule has 8 heteroatoms. The Morgan fingerprint density at radius 3 is 1.71 bits per heavy atom. The van der Waals surface area contributed by atoms with Crippen LogP contribution in [0.3, 0.4) is 0 Å². The van der Waals surface area contributed by atoms with E-state index in [1.54, 1.807) is 12.5 Å². The number of rotatable bonds is 8. The van der Waals surface area contributed by atoms with Crippen LogP contribution in [0.5, 0.6) is 0 Å². The summed E-state index contributed by atoms with van der Waals surface area (Å²) in [6.45, 7) is 0. The van der Waals surface area contributed by atoms with E-state index in [4.69, 9.17) is 4.74 Å². The minimum Gasteiger partial charge on any atom is -0.467 e. The number of carbonyl (C=O) groups is 3. The summed E-state index contributed by atoms with van der Waals surface area (Å²) in [5.74, 6) is -1.81. The smallest absolute Gasteiger partial charge is 0.338 e. The van der Waals surface area contributed by atoms with Gasteiger partial charge in [-0.3, -0.25) is 9.59 Å². The number of carbonyl (C=O) groups excluding carboxylic acids is 3. The normalized spacial score (nSPS) is 16.3. The fourth-order valence-corrected chi connectivity index (χ4v) is 8.18. The maximum Gasteiger partial charge on any atom is 0.338 e. The van der Waals surface area contributed by atoms with Crippen molar-refractivity contribution in [1.82, 2.24) is 4.31 Å². The molecule has 1 unspecified atom stereocenters. The van der Waals surface area contributed by atoms with Crippen LogP contribution in [0.15, 0.2) is 60.7 Å². The van der Waals surface area contributed by atoms with Crippen LogP contribution in [0.4, 0.5) is 0 Å². The van der Waals surface area contributed by atoms with E-state index in [9.17, 15) is 24.9 Å². The average Bonchev–Trinajstić information content (AvgIpc) is 3.19. The highest BCUT2D eigenvalue weighted by molar-refractivity contribution is 8.33. The summed E-state index contributed by atoms with van der Waals surface area (Å²) in [5.41, 5.74) is -0.143. The number of nitrogens with zero attached hydrogens (tertiary/aromatic N) is 3. The second-order valence-corrected chi connectivity index (χ2v) is 12.2. The summed E-state index contributed by atoms with van der Waals surface area (Å²) in [6.07, 6.45) is 3.28. The lowest BCUT2D eigenvalue weighted by Gasteiger charge is -2.54. The van der Waals surface area contributed by atoms with E-state index in [0.717, 1.165) is 22.5 Å². The molecule has 0 aliphatic carbocycles. The van der Waals surface area contributed by atoms with E-state index in [2.05, 4.69) is 12.1 Å². The van der Waals surface area contributed by atoms with Crippen LogP contribution < -0.4 is 0 Å². The number of nitriles is 2. The number of ether oxygens (including phenoxy) is 1. The third kappa shape index (κ3) is 3.95. The molecule has 2 aromatic carbocycles. The first-order chi connectivity index (χ1) is 16.2. The van der Waals surface area contributed by atoms with Gasteiger partial charge >= 0.3 is 5.97 Å². The van der Waals surface area contributed by atoms with Crippen LogP contribution in [-0.2, 0) is 32.0 Å². The van der Waals surface area contributed by atoms with Crippen LogP contribution in [0.25, 0.3) is 0 Å². The van der Waals surface area contributed by atoms with Crippen molar-refractivity contribution in [3.8, 4) is 12.1 Å². The molecule has 1 aliphatic heterocycles. The van der Waals surface area contributed by atoms with Crippen molar-refractivity contribution in [3.05, 3.63) is 71.8 Å². The highest BCUT2D eigenvalue weighted by Crippen LogP contribution is 2.66. The number of methoxy groups -OCH3 is 1. The largest absolute Gasteiger partial charge is 0.467 e. The zero-order valence-corrected chi connectivity index (χ0v) is 20.3. The molecule has 34 heavy (non-hydrogen) atoms. The van der Waals surface area contributed by atoms with Gasteiger partial charge in [-0.25, -0.2) is 9.10 Å². The first-order valence-electron chi connectivity index (χ1n) is 10.8. The molecule has 1 saturated heterocycles. The molecule has 0 bridgehead atoms. The number of imide groups is 1. The lowest BCUT2D eigenvalue weighted by Crippen LogP contribution is -2.61. The molecule has 0 N–H and O–H groups in total. The van der Waals surface area contributed by atoms with Crippen molar-refractivity contribution in [2.75, 3.05) is 19.6 Å². The molecular formula is C26H27N3O4S. The van der Waals surface area contributed by atoms with Gasteiger partial charge in [-0.1, -0.05) is 60.7 Å². The molecule has 1 heterocycles. The van der Waals surface area contributed by atoms with Crippen molar-refractivity contribution < 1.29 is 19.1 Å². The van der Waals surface area contributed by atoms with E-state index < -0.39 is 38.2 Å². The quantitative estimate of drug-likeness (QED) is 0.425. The van der Waals surface area contributed by atoms with Crippen LogP contribution in [0.2, 0.25) is 0 Å². The van der Waals surface area contributed by atoms with Crippen LogP contribution >= 0.6 is 10.2 Å². The minimum absolute atomic E-state index is 0.00880. The maximum atomic E-state index is 13.6. The van der Waals surface area contributed by atoms with Crippen LogP contribution in [0.1, 0.15) is 24.0 Å². The van der Waals surface area contributed by atoms with Crippen molar-refractivity contribution in [2.24, 2.45) is 5.41 Å². The van der Waals surface area contributed by atoms with Crippen LogP contribution in [-0.4, -0.2) is 46.5 Å². The Bertz CT molecular complexity index is 1110. The molecule has 7 nitrogen and oxygen atoms in total. The highest BCUT2D eigenvalue weighted by atomic mass is 32.3. The summed E-state index contributed by atoms with van der Waals surface area (Å²) in [4.78, 5) is 39.3. The summed E-state index contributed by atoms with van der Waals surface area (Å²) in [5, 5.41) is 21.5. The van der Waals surface area contributed by atoms with Gasteiger partial charge in [0, 0.05) is 12.8 Å². The molecule has 1 fully saturated rings. The van der Waals surface area contributed by atoms with Gasteiger partial charge in [-0.15, -0.1) is 10.2 Å². The van der Waals surface area contributed by atoms with Gasteiger partial charge in [0.25, 0.3) is 0 Å². The van der Waals surface area contributed by atoms with Crippen molar-refractivity contribution >= 4 is 28.0 Å². The monoisotopic (exact) mass is 477 g/mol.